The third kappa shape index (κ3) is 3.84. The van der Waals surface area contributed by atoms with Crippen molar-refractivity contribution in [3.8, 4) is 0 Å². The monoisotopic (exact) mass is 295 g/mol. The molecule has 0 spiro atoms. The van der Waals surface area contributed by atoms with Crippen molar-refractivity contribution in [2.75, 3.05) is 11.7 Å². The second-order valence-corrected chi connectivity index (χ2v) is 5.89. The molecule has 110 valence electrons. The Morgan fingerprint density at radius 1 is 1.35 bits per heavy atom. The molecule has 2 N–H and O–H groups in total. The maximum absolute atomic E-state index is 11.3. The summed E-state index contributed by atoms with van der Waals surface area (Å²) in [5.74, 6) is -0.00276. The van der Waals surface area contributed by atoms with Crippen molar-refractivity contribution in [3.05, 3.63) is 23.3 Å². The van der Waals surface area contributed by atoms with Crippen molar-refractivity contribution in [3.63, 3.8) is 0 Å². The first kappa shape index (κ1) is 16.7. The average Bonchev–Trinajstić information content (AvgIpc) is 2.44. The summed E-state index contributed by atoms with van der Waals surface area (Å²) in [4.78, 5) is 22.9. The zero-order chi connectivity index (χ0) is 15.1. The zero-order valence-corrected chi connectivity index (χ0v) is 12.9. The van der Waals surface area contributed by atoms with Crippen molar-refractivity contribution in [1.82, 2.24) is 0 Å². The molecule has 0 heterocycles. The number of thioether (sulfide) groups is 1. The molecule has 0 saturated carbocycles. The van der Waals surface area contributed by atoms with E-state index in [-0.39, 0.29) is 6.42 Å². The SMILES string of the molecule is CSc1c(NO)ccc([C@H](C=O)CC=O)c1CC(C)C. The number of anilines is 1. The molecule has 1 aromatic carbocycles. The van der Waals surface area contributed by atoms with Gasteiger partial charge >= 0.3 is 0 Å². The fraction of sp³-hybridized carbons (Fsp3) is 0.467. The molecule has 0 aliphatic carbocycles. The highest BCUT2D eigenvalue weighted by Crippen LogP contribution is 2.36. The maximum Gasteiger partial charge on any atom is 0.127 e. The highest BCUT2D eigenvalue weighted by molar-refractivity contribution is 7.98. The van der Waals surface area contributed by atoms with Gasteiger partial charge in [0.25, 0.3) is 0 Å². The predicted octanol–water partition coefficient (Wildman–Crippen LogP) is 3.28. The molecule has 0 bridgehead atoms. The first-order valence-electron chi connectivity index (χ1n) is 6.57. The van der Waals surface area contributed by atoms with Crippen molar-refractivity contribution in [2.45, 2.75) is 37.5 Å². The molecule has 0 fully saturated rings. The molecule has 0 unspecified atom stereocenters. The van der Waals surface area contributed by atoms with Crippen LogP contribution in [0.4, 0.5) is 5.69 Å². The number of benzene rings is 1. The van der Waals surface area contributed by atoms with E-state index < -0.39 is 5.92 Å². The van der Waals surface area contributed by atoms with E-state index in [1.54, 1.807) is 6.07 Å². The number of hydrogen-bond acceptors (Lipinski definition) is 5. The van der Waals surface area contributed by atoms with E-state index in [2.05, 4.69) is 19.3 Å². The van der Waals surface area contributed by atoms with Crippen LogP contribution in [0.2, 0.25) is 0 Å². The lowest BCUT2D eigenvalue weighted by molar-refractivity contribution is -0.113. The van der Waals surface area contributed by atoms with Crippen molar-refractivity contribution in [1.29, 1.82) is 0 Å². The molecule has 0 amide bonds. The van der Waals surface area contributed by atoms with Gasteiger partial charge in [-0.05, 0) is 35.8 Å². The summed E-state index contributed by atoms with van der Waals surface area (Å²) in [6.45, 7) is 4.20. The van der Waals surface area contributed by atoms with Gasteiger partial charge in [-0.3, -0.25) is 10.7 Å². The third-order valence-electron chi connectivity index (χ3n) is 3.15. The van der Waals surface area contributed by atoms with Gasteiger partial charge < -0.3 is 9.59 Å². The summed E-state index contributed by atoms with van der Waals surface area (Å²) in [7, 11) is 0. The minimum atomic E-state index is -0.417. The fourth-order valence-corrected chi connectivity index (χ4v) is 3.07. The van der Waals surface area contributed by atoms with Crippen LogP contribution in [0, 0.1) is 5.92 Å². The molecule has 5 heteroatoms. The Morgan fingerprint density at radius 3 is 2.50 bits per heavy atom. The van der Waals surface area contributed by atoms with E-state index in [1.807, 2.05) is 12.3 Å². The largest absolute Gasteiger partial charge is 0.303 e. The summed E-state index contributed by atoms with van der Waals surface area (Å²) < 4.78 is 0. The first-order chi connectivity index (χ1) is 9.58. The van der Waals surface area contributed by atoms with Gasteiger partial charge in [-0.25, -0.2) is 0 Å². The lowest BCUT2D eigenvalue weighted by Crippen LogP contribution is -2.10. The number of carbonyl (C=O) groups is 2. The average molecular weight is 295 g/mol. The fourth-order valence-electron chi connectivity index (χ4n) is 2.29. The standard InChI is InChI=1S/C15H21NO3S/c1-10(2)8-13-12(11(9-18)6-7-17)4-5-14(16-19)15(13)20-3/h4-5,7,9-11,16,19H,6,8H2,1-3H3/t11-/m0/s1. The van der Waals surface area contributed by atoms with Crippen LogP contribution >= 0.6 is 11.8 Å². The lowest BCUT2D eigenvalue weighted by Gasteiger charge is -2.20. The molecule has 0 saturated heterocycles. The molecular formula is C15H21NO3S. The molecule has 0 radical (unpaired) electrons. The first-order valence-corrected chi connectivity index (χ1v) is 7.80. The minimum Gasteiger partial charge on any atom is -0.303 e. The molecule has 1 aromatic rings. The highest BCUT2D eigenvalue weighted by atomic mass is 32.2. The number of nitrogens with one attached hydrogen (secondary N) is 1. The second-order valence-electron chi connectivity index (χ2n) is 5.07. The molecular weight excluding hydrogens is 274 g/mol. The van der Waals surface area contributed by atoms with E-state index in [0.717, 1.165) is 35.0 Å². The van der Waals surface area contributed by atoms with E-state index >= 15 is 0 Å². The summed E-state index contributed by atoms with van der Waals surface area (Å²) in [6, 6.07) is 3.56. The normalized spacial score (nSPS) is 12.2. The zero-order valence-electron chi connectivity index (χ0n) is 12.1. The van der Waals surface area contributed by atoms with Gasteiger partial charge in [0.15, 0.2) is 0 Å². The highest BCUT2D eigenvalue weighted by Gasteiger charge is 2.20. The Morgan fingerprint density at radius 2 is 2.05 bits per heavy atom. The molecule has 0 aliphatic heterocycles. The summed E-state index contributed by atoms with van der Waals surface area (Å²) >= 11 is 1.52. The van der Waals surface area contributed by atoms with Crippen LogP contribution in [0.15, 0.2) is 17.0 Å². The van der Waals surface area contributed by atoms with Gasteiger partial charge in [0, 0.05) is 17.2 Å². The Hall–Kier alpha value is -1.33. The predicted molar refractivity (Wildman–Crippen MR) is 81.7 cm³/mol. The van der Waals surface area contributed by atoms with Crippen LogP contribution in [0.25, 0.3) is 0 Å². The minimum absolute atomic E-state index is 0.189. The number of aldehydes is 2. The van der Waals surface area contributed by atoms with Gasteiger partial charge in [0.1, 0.15) is 12.6 Å². The van der Waals surface area contributed by atoms with E-state index in [0.29, 0.717) is 11.6 Å². The van der Waals surface area contributed by atoms with Gasteiger partial charge in [-0.15, -0.1) is 11.8 Å². The molecule has 1 atom stereocenters. The smallest absolute Gasteiger partial charge is 0.127 e. The summed E-state index contributed by atoms with van der Waals surface area (Å²) in [5, 5.41) is 9.21. The number of rotatable bonds is 8. The van der Waals surface area contributed by atoms with Crippen LogP contribution in [-0.4, -0.2) is 24.0 Å². The lowest BCUT2D eigenvalue weighted by atomic mass is 9.88. The molecule has 4 nitrogen and oxygen atoms in total. The number of carbonyl (C=O) groups excluding carboxylic acids is 2. The van der Waals surface area contributed by atoms with Crippen LogP contribution < -0.4 is 5.48 Å². The maximum atomic E-state index is 11.3. The summed E-state index contributed by atoms with van der Waals surface area (Å²) in [6.07, 6.45) is 4.51. The Labute approximate surface area is 123 Å². The van der Waals surface area contributed by atoms with Gasteiger partial charge in [0.2, 0.25) is 0 Å². The second kappa shape index (κ2) is 8.07. The van der Waals surface area contributed by atoms with Crippen LogP contribution in [0.1, 0.15) is 37.3 Å². The Bertz CT molecular complexity index is 474. The van der Waals surface area contributed by atoms with Crippen molar-refractivity contribution in [2.24, 2.45) is 5.92 Å². The van der Waals surface area contributed by atoms with E-state index in [9.17, 15) is 14.8 Å². The number of hydrogen-bond donors (Lipinski definition) is 2. The van der Waals surface area contributed by atoms with Gasteiger partial charge in [-0.1, -0.05) is 19.9 Å². The Balaban J connectivity index is 3.41. The van der Waals surface area contributed by atoms with Crippen LogP contribution in [0.5, 0.6) is 0 Å². The van der Waals surface area contributed by atoms with Crippen molar-refractivity contribution < 1.29 is 14.8 Å². The van der Waals surface area contributed by atoms with Gasteiger partial charge in [0.05, 0.1) is 5.69 Å². The molecule has 0 aliphatic rings. The van der Waals surface area contributed by atoms with Gasteiger partial charge in [-0.2, -0.15) is 0 Å². The van der Waals surface area contributed by atoms with Crippen LogP contribution in [0.3, 0.4) is 0 Å². The van der Waals surface area contributed by atoms with Crippen molar-refractivity contribution >= 4 is 30.0 Å². The Kier molecular flexibility index (Phi) is 6.75. The quantitative estimate of drug-likeness (QED) is 0.438. The van der Waals surface area contributed by atoms with E-state index in [4.69, 9.17) is 0 Å². The third-order valence-corrected chi connectivity index (χ3v) is 4.02. The van der Waals surface area contributed by atoms with E-state index in [1.165, 1.54) is 11.8 Å². The van der Waals surface area contributed by atoms with Crippen LogP contribution in [-0.2, 0) is 16.0 Å². The topological polar surface area (TPSA) is 66.4 Å². The molecule has 1 rings (SSSR count). The summed E-state index contributed by atoms with van der Waals surface area (Å²) in [5.41, 5.74) is 4.74. The molecule has 0 aromatic heterocycles. The molecule has 20 heavy (non-hydrogen) atoms.